The highest BCUT2D eigenvalue weighted by Crippen LogP contribution is 2.31. The first-order valence-electron chi connectivity index (χ1n) is 5.50. The van der Waals surface area contributed by atoms with Crippen molar-refractivity contribution in [2.45, 2.75) is 6.92 Å². The van der Waals surface area contributed by atoms with E-state index in [-0.39, 0.29) is 5.91 Å². The average Bonchev–Trinajstić information content (AvgIpc) is 2.32. The number of carbonyl (C=O) groups is 1. The molecule has 0 aromatic heterocycles. The molecular weight excluding hydrogens is 438 g/mol. The second kappa shape index (κ2) is 6.20. The molecule has 0 aliphatic carbocycles. The minimum absolute atomic E-state index is 0.142. The van der Waals surface area contributed by atoms with Crippen molar-refractivity contribution in [1.29, 1.82) is 0 Å². The average molecular weight is 448 g/mol. The first-order chi connectivity index (χ1) is 8.97. The molecule has 0 atom stereocenters. The number of hydrogen-bond donors (Lipinski definition) is 1. The van der Waals surface area contributed by atoms with Crippen LogP contribution in [0.4, 0.5) is 5.69 Å². The van der Waals surface area contributed by atoms with Crippen molar-refractivity contribution in [2.24, 2.45) is 0 Å². The van der Waals surface area contributed by atoms with Crippen LogP contribution in [0.25, 0.3) is 0 Å². The molecule has 0 unspecified atom stereocenters. The zero-order chi connectivity index (χ0) is 14.0. The van der Waals surface area contributed by atoms with Crippen LogP contribution in [0.3, 0.4) is 0 Å². The molecule has 0 saturated heterocycles. The molecule has 5 heteroatoms. The van der Waals surface area contributed by atoms with Gasteiger partial charge in [0.15, 0.2) is 0 Å². The fraction of sp³-hybridized carbons (Fsp3) is 0.0714. The van der Waals surface area contributed by atoms with Gasteiger partial charge in [-0.1, -0.05) is 22.0 Å². The third kappa shape index (κ3) is 3.68. The van der Waals surface area contributed by atoms with E-state index in [1.54, 1.807) is 6.07 Å². The summed E-state index contributed by atoms with van der Waals surface area (Å²) in [5.41, 5.74) is 2.38. The molecule has 0 fully saturated rings. The van der Waals surface area contributed by atoms with Crippen LogP contribution in [0.2, 0.25) is 0 Å². The molecule has 2 rings (SSSR count). The SMILES string of the molecule is Cc1cc(Br)cc(C(=O)Nc2c(Br)cccc2Br)c1. The Bertz CT molecular complexity index is 600. The van der Waals surface area contributed by atoms with E-state index in [0.717, 1.165) is 24.7 Å². The second-order valence-corrected chi connectivity index (χ2v) is 6.69. The van der Waals surface area contributed by atoms with Crippen LogP contribution in [0.5, 0.6) is 0 Å². The highest BCUT2D eigenvalue weighted by atomic mass is 79.9. The summed E-state index contributed by atoms with van der Waals surface area (Å²) in [5.74, 6) is -0.142. The molecule has 0 heterocycles. The van der Waals surface area contributed by atoms with Gasteiger partial charge in [0, 0.05) is 19.0 Å². The van der Waals surface area contributed by atoms with Crippen LogP contribution in [0.15, 0.2) is 49.8 Å². The van der Waals surface area contributed by atoms with Crippen molar-refractivity contribution in [3.63, 3.8) is 0 Å². The maximum absolute atomic E-state index is 12.2. The minimum Gasteiger partial charge on any atom is -0.320 e. The molecule has 1 N–H and O–H groups in total. The molecule has 1 amide bonds. The number of aryl methyl sites for hydroxylation is 1. The lowest BCUT2D eigenvalue weighted by Crippen LogP contribution is -2.13. The molecule has 0 saturated carbocycles. The number of anilines is 1. The van der Waals surface area contributed by atoms with Gasteiger partial charge in [-0.05, 0) is 74.7 Å². The van der Waals surface area contributed by atoms with Gasteiger partial charge in [0.25, 0.3) is 5.91 Å². The number of amides is 1. The van der Waals surface area contributed by atoms with Crippen molar-refractivity contribution in [2.75, 3.05) is 5.32 Å². The number of benzene rings is 2. The summed E-state index contributed by atoms with van der Waals surface area (Å²) in [4.78, 5) is 12.2. The summed E-state index contributed by atoms with van der Waals surface area (Å²) in [5, 5.41) is 2.90. The highest BCUT2D eigenvalue weighted by Gasteiger charge is 2.11. The molecule has 0 aliphatic rings. The van der Waals surface area contributed by atoms with Crippen LogP contribution in [-0.4, -0.2) is 5.91 Å². The van der Waals surface area contributed by atoms with Gasteiger partial charge in [-0.25, -0.2) is 0 Å². The second-order valence-electron chi connectivity index (χ2n) is 4.07. The number of halogens is 3. The number of hydrogen-bond acceptors (Lipinski definition) is 1. The third-order valence-corrected chi connectivity index (χ3v) is 4.29. The van der Waals surface area contributed by atoms with E-state index in [2.05, 4.69) is 53.1 Å². The van der Waals surface area contributed by atoms with Gasteiger partial charge in [-0.2, -0.15) is 0 Å². The van der Waals surface area contributed by atoms with Gasteiger partial charge in [-0.3, -0.25) is 4.79 Å². The summed E-state index contributed by atoms with van der Waals surface area (Å²) in [6.07, 6.45) is 0. The number of carbonyl (C=O) groups excluding carboxylic acids is 1. The molecule has 0 bridgehead atoms. The monoisotopic (exact) mass is 445 g/mol. The Kier molecular flexibility index (Phi) is 4.81. The molecule has 19 heavy (non-hydrogen) atoms. The van der Waals surface area contributed by atoms with E-state index in [1.165, 1.54) is 0 Å². The zero-order valence-electron chi connectivity index (χ0n) is 10.0. The van der Waals surface area contributed by atoms with Crippen LogP contribution in [0, 0.1) is 6.92 Å². The van der Waals surface area contributed by atoms with E-state index in [4.69, 9.17) is 0 Å². The Hall–Kier alpha value is -0.650. The predicted molar refractivity (Wildman–Crippen MR) is 88.7 cm³/mol. The Morgan fingerprint density at radius 3 is 2.26 bits per heavy atom. The van der Waals surface area contributed by atoms with Crippen LogP contribution in [0.1, 0.15) is 15.9 Å². The lowest BCUT2D eigenvalue weighted by molar-refractivity contribution is 0.102. The molecule has 0 spiro atoms. The van der Waals surface area contributed by atoms with Crippen molar-refractivity contribution in [1.82, 2.24) is 0 Å². The van der Waals surface area contributed by atoms with Gasteiger partial charge >= 0.3 is 0 Å². The smallest absolute Gasteiger partial charge is 0.255 e. The van der Waals surface area contributed by atoms with Gasteiger partial charge in [-0.15, -0.1) is 0 Å². The first kappa shape index (κ1) is 14.8. The van der Waals surface area contributed by atoms with Crippen LogP contribution < -0.4 is 5.32 Å². The standard InChI is InChI=1S/C14H10Br3NO/c1-8-5-9(7-10(15)6-8)14(19)18-13-11(16)3-2-4-12(13)17/h2-7H,1H3,(H,18,19). The van der Waals surface area contributed by atoms with Gasteiger partial charge in [0.05, 0.1) is 5.69 Å². The predicted octanol–water partition coefficient (Wildman–Crippen LogP) is 5.53. The molecular formula is C14H10Br3NO. The molecule has 2 nitrogen and oxygen atoms in total. The normalized spacial score (nSPS) is 10.3. The van der Waals surface area contributed by atoms with E-state index in [9.17, 15) is 4.79 Å². The van der Waals surface area contributed by atoms with E-state index in [0.29, 0.717) is 5.56 Å². The molecule has 0 aliphatic heterocycles. The fourth-order valence-corrected chi connectivity index (χ4v) is 3.47. The van der Waals surface area contributed by atoms with E-state index in [1.807, 2.05) is 37.3 Å². The van der Waals surface area contributed by atoms with Crippen LogP contribution >= 0.6 is 47.8 Å². The Morgan fingerprint density at radius 2 is 1.68 bits per heavy atom. The topological polar surface area (TPSA) is 29.1 Å². The first-order valence-corrected chi connectivity index (χ1v) is 7.88. The Balaban J connectivity index is 2.31. The Morgan fingerprint density at radius 1 is 1.05 bits per heavy atom. The van der Waals surface area contributed by atoms with Crippen molar-refractivity contribution < 1.29 is 4.79 Å². The lowest BCUT2D eigenvalue weighted by atomic mass is 10.1. The number of para-hydroxylation sites is 1. The summed E-state index contributed by atoms with van der Waals surface area (Å²) >= 11 is 10.2. The third-order valence-electron chi connectivity index (χ3n) is 2.51. The fourth-order valence-electron chi connectivity index (χ4n) is 1.67. The summed E-state index contributed by atoms with van der Waals surface area (Å²) in [7, 11) is 0. The van der Waals surface area contributed by atoms with Gasteiger partial charge < -0.3 is 5.32 Å². The van der Waals surface area contributed by atoms with Crippen LogP contribution in [-0.2, 0) is 0 Å². The van der Waals surface area contributed by atoms with Gasteiger partial charge in [0.1, 0.15) is 0 Å². The van der Waals surface area contributed by atoms with Crippen molar-refractivity contribution >= 4 is 59.4 Å². The number of rotatable bonds is 2. The maximum Gasteiger partial charge on any atom is 0.255 e. The molecule has 2 aromatic rings. The van der Waals surface area contributed by atoms with Crippen molar-refractivity contribution in [3.05, 3.63) is 60.9 Å². The zero-order valence-corrected chi connectivity index (χ0v) is 14.8. The minimum atomic E-state index is -0.142. The molecule has 98 valence electrons. The molecule has 0 radical (unpaired) electrons. The Labute approximate surface area is 137 Å². The quantitative estimate of drug-likeness (QED) is 0.643. The summed E-state index contributed by atoms with van der Waals surface area (Å²) in [6.45, 7) is 1.95. The highest BCUT2D eigenvalue weighted by molar-refractivity contribution is 9.11. The van der Waals surface area contributed by atoms with E-state index >= 15 is 0 Å². The van der Waals surface area contributed by atoms with Crippen molar-refractivity contribution in [3.8, 4) is 0 Å². The lowest BCUT2D eigenvalue weighted by Gasteiger charge is -2.10. The summed E-state index contributed by atoms with van der Waals surface area (Å²) < 4.78 is 2.56. The summed E-state index contributed by atoms with van der Waals surface area (Å²) in [6, 6.07) is 11.3. The number of nitrogens with one attached hydrogen (secondary N) is 1. The molecule has 2 aromatic carbocycles. The van der Waals surface area contributed by atoms with Gasteiger partial charge in [0.2, 0.25) is 0 Å². The maximum atomic E-state index is 12.2. The largest absolute Gasteiger partial charge is 0.320 e. The van der Waals surface area contributed by atoms with E-state index < -0.39 is 0 Å².